The maximum absolute atomic E-state index is 10.9. The Balaban J connectivity index is 2.34. The molecule has 0 bridgehead atoms. The van der Waals surface area contributed by atoms with Crippen molar-refractivity contribution < 1.29 is 14.3 Å². The summed E-state index contributed by atoms with van der Waals surface area (Å²) in [5.74, 6) is 0.683. The third-order valence-corrected chi connectivity index (χ3v) is 4.45. The van der Waals surface area contributed by atoms with Crippen molar-refractivity contribution in [1.29, 1.82) is 0 Å². The fourth-order valence-corrected chi connectivity index (χ4v) is 2.84. The molecule has 2 aromatic carbocycles. The van der Waals surface area contributed by atoms with E-state index in [9.17, 15) is 4.79 Å². The summed E-state index contributed by atoms with van der Waals surface area (Å²) >= 11 is 24.4. The van der Waals surface area contributed by atoms with Gasteiger partial charge in [0.2, 0.25) is 0 Å². The molecule has 0 saturated heterocycles. The summed E-state index contributed by atoms with van der Waals surface area (Å²) in [4.78, 5) is 10.9. The Kier molecular flexibility index (Phi) is 6.42. The topological polar surface area (TPSA) is 35.5 Å². The van der Waals surface area contributed by atoms with Gasteiger partial charge in [-0.25, -0.2) is 0 Å². The van der Waals surface area contributed by atoms with Crippen LogP contribution in [-0.4, -0.2) is 12.9 Å². The molecule has 0 aliphatic rings. The molecule has 7 heteroatoms. The number of carbonyl (C=O) groups is 1. The molecule has 3 nitrogen and oxygen atoms in total. The van der Waals surface area contributed by atoms with Crippen molar-refractivity contribution in [1.82, 2.24) is 0 Å². The molecule has 0 amide bonds. The van der Waals surface area contributed by atoms with E-state index in [4.69, 9.17) is 55.9 Å². The molecule has 0 spiro atoms. The van der Waals surface area contributed by atoms with E-state index in [1.54, 1.807) is 18.2 Å². The van der Waals surface area contributed by atoms with Gasteiger partial charge in [0.15, 0.2) is 11.5 Å². The number of hydrogen-bond donors (Lipinski definition) is 0. The van der Waals surface area contributed by atoms with Crippen LogP contribution in [0.3, 0.4) is 0 Å². The number of ether oxygens (including phenoxy) is 2. The Hall–Kier alpha value is -1.13. The number of aldehydes is 1. The van der Waals surface area contributed by atoms with E-state index < -0.39 is 0 Å². The van der Waals surface area contributed by atoms with Crippen LogP contribution in [0.2, 0.25) is 20.1 Å². The lowest BCUT2D eigenvalue weighted by molar-refractivity contribution is 0.112. The first kappa shape index (κ1) is 18.2. The fourth-order valence-electron chi connectivity index (χ4n) is 1.90. The second kappa shape index (κ2) is 8.11. The van der Waals surface area contributed by atoms with Gasteiger partial charge >= 0.3 is 0 Å². The van der Waals surface area contributed by atoms with Crippen molar-refractivity contribution in [3.05, 3.63) is 55.5 Å². The van der Waals surface area contributed by atoms with Gasteiger partial charge in [-0.1, -0.05) is 46.4 Å². The van der Waals surface area contributed by atoms with E-state index in [0.29, 0.717) is 50.6 Å². The van der Waals surface area contributed by atoms with Crippen LogP contribution in [0.15, 0.2) is 24.3 Å². The van der Waals surface area contributed by atoms with Gasteiger partial charge in [-0.2, -0.15) is 0 Å². The molecule has 23 heavy (non-hydrogen) atoms. The molecule has 0 aliphatic heterocycles. The number of benzene rings is 2. The molecular weight excluding hydrogens is 382 g/mol. The molecule has 0 saturated carbocycles. The van der Waals surface area contributed by atoms with Crippen molar-refractivity contribution in [3.63, 3.8) is 0 Å². The molecule has 122 valence electrons. The molecule has 0 radical (unpaired) electrons. The van der Waals surface area contributed by atoms with E-state index in [-0.39, 0.29) is 11.6 Å². The first-order chi connectivity index (χ1) is 11.0. The van der Waals surface area contributed by atoms with Crippen LogP contribution in [0.25, 0.3) is 0 Å². The molecular formula is C16H12Cl4O3. The Labute approximate surface area is 154 Å². The number of halogens is 4. The first-order valence-corrected chi connectivity index (χ1v) is 8.15. The van der Waals surface area contributed by atoms with Crippen LogP contribution >= 0.6 is 46.4 Å². The SMILES string of the molecule is CCOc1cc(C=O)cc(Cl)c1OCc1c(Cl)ccc(Cl)c1Cl. The minimum atomic E-state index is 0.0540. The van der Waals surface area contributed by atoms with Crippen LogP contribution in [0.5, 0.6) is 11.5 Å². The summed E-state index contributed by atoms with van der Waals surface area (Å²) in [6.07, 6.45) is 0.683. The maximum Gasteiger partial charge on any atom is 0.180 e. The van der Waals surface area contributed by atoms with Gasteiger partial charge in [0.25, 0.3) is 0 Å². The fraction of sp³-hybridized carbons (Fsp3) is 0.188. The van der Waals surface area contributed by atoms with Gasteiger partial charge in [0.05, 0.1) is 21.7 Å². The highest BCUT2D eigenvalue weighted by atomic mass is 35.5. The minimum absolute atomic E-state index is 0.0540. The lowest BCUT2D eigenvalue weighted by Gasteiger charge is -2.15. The van der Waals surface area contributed by atoms with Gasteiger partial charge in [-0.3, -0.25) is 4.79 Å². The first-order valence-electron chi connectivity index (χ1n) is 6.64. The smallest absolute Gasteiger partial charge is 0.180 e. The average Bonchev–Trinajstić information content (AvgIpc) is 2.53. The van der Waals surface area contributed by atoms with Gasteiger partial charge in [0, 0.05) is 16.1 Å². The van der Waals surface area contributed by atoms with Gasteiger partial charge in [0.1, 0.15) is 12.9 Å². The predicted octanol–water partition coefficient (Wildman–Crippen LogP) is 6.09. The van der Waals surface area contributed by atoms with Crippen LogP contribution in [0, 0.1) is 0 Å². The van der Waals surface area contributed by atoms with Gasteiger partial charge < -0.3 is 9.47 Å². The Bertz CT molecular complexity index is 732. The quantitative estimate of drug-likeness (QED) is 0.440. The second-order valence-electron chi connectivity index (χ2n) is 4.49. The van der Waals surface area contributed by atoms with E-state index in [1.807, 2.05) is 6.92 Å². The zero-order chi connectivity index (χ0) is 17.0. The van der Waals surface area contributed by atoms with E-state index in [1.165, 1.54) is 6.07 Å². The zero-order valence-electron chi connectivity index (χ0n) is 12.0. The summed E-state index contributed by atoms with van der Waals surface area (Å²) in [5.41, 5.74) is 0.934. The van der Waals surface area contributed by atoms with Gasteiger partial charge in [-0.15, -0.1) is 0 Å². The average molecular weight is 394 g/mol. The number of hydrogen-bond acceptors (Lipinski definition) is 3. The number of rotatable bonds is 6. The molecule has 0 atom stereocenters. The highest BCUT2D eigenvalue weighted by molar-refractivity contribution is 6.44. The highest BCUT2D eigenvalue weighted by Gasteiger charge is 2.15. The zero-order valence-corrected chi connectivity index (χ0v) is 15.1. The monoisotopic (exact) mass is 392 g/mol. The third-order valence-electron chi connectivity index (χ3n) is 2.97. The lowest BCUT2D eigenvalue weighted by Crippen LogP contribution is -2.02. The van der Waals surface area contributed by atoms with Gasteiger partial charge in [-0.05, 0) is 31.2 Å². The van der Waals surface area contributed by atoms with Crippen molar-refractivity contribution >= 4 is 52.7 Å². The summed E-state index contributed by atoms with van der Waals surface area (Å²) in [6.45, 7) is 2.27. The highest BCUT2D eigenvalue weighted by Crippen LogP contribution is 2.38. The van der Waals surface area contributed by atoms with Crippen LogP contribution < -0.4 is 9.47 Å². The molecule has 0 unspecified atom stereocenters. The molecule has 0 aliphatic carbocycles. The van der Waals surface area contributed by atoms with Crippen molar-refractivity contribution in [2.75, 3.05) is 6.61 Å². The normalized spacial score (nSPS) is 10.5. The Morgan fingerprint density at radius 2 is 1.70 bits per heavy atom. The van der Waals surface area contributed by atoms with Crippen molar-refractivity contribution in [2.45, 2.75) is 13.5 Å². The summed E-state index contributed by atoms with van der Waals surface area (Å²) in [5, 5.41) is 1.38. The lowest BCUT2D eigenvalue weighted by atomic mass is 10.2. The van der Waals surface area contributed by atoms with Crippen LogP contribution in [0.4, 0.5) is 0 Å². The molecule has 0 heterocycles. The van der Waals surface area contributed by atoms with Crippen LogP contribution in [0.1, 0.15) is 22.8 Å². The molecule has 0 N–H and O–H groups in total. The maximum atomic E-state index is 10.9. The summed E-state index contributed by atoms with van der Waals surface area (Å²) < 4.78 is 11.2. The van der Waals surface area contributed by atoms with Crippen LogP contribution in [-0.2, 0) is 6.61 Å². The Morgan fingerprint density at radius 1 is 1.00 bits per heavy atom. The van der Waals surface area contributed by atoms with Crippen molar-refractivity contribution in [3.8, 4) is 11.5 Å². The van der Waals surface area contributed by atoms with Crippen molar-refractivity contribution in [2.24, 2.45) is 0 Å². The Morgan fingerprint density at radius 3 is 2.35 bits per heavy atom. The van der Waals surface area contributed by atoms with E-state index in [2.05, 4.69) is 0 Å². The summed E-state index contributed by atoms with van der Waals surface area (Å²) in [7, 11) is 0. The molecule has 0 aromatic heterocycles. The number of carbonyl (C=O) groups excluding carboxylic acids is 1. The standard InChI is InChI=1S/C16H12Cl4O3/c1-2-22-14-6-9(7-21)5-13(19)16(14)23-8-10-11(17)3-4-12(18)15(10)20/h3-7H,2,8H2,1H3. The largest absolute Gasteiger partial charge is 0.490 e. The molecule has 2 aromatic rings. The third kappa shape index (κ3) is 4.24. The van der Waals surface area contributed by atoms with E-state index in [0.717, 1.165) is 0 Å². The second-order valence-corrected chi connectivity index (χ2v) is 6.09. The molecule has 2 rings (SSSR count). The molecule has 0 fully saturated rings. The predicted molar refractivity (Wildman–Crippen MR) is 93.8 cm³/mol. The van der Waals surface area contributed by atoms with E-state index >= 15 is 0 Å². The summed E-state index contributed by atoms with van der Waals surface area (Å²) in [6, 6.07) is 6.29. The minimum Gasteiger partial charge on any atom is -0.490 e.